The number of nitrogens with zero attached hydrogens (tertiary/aromatic N) is 2. The molecule has 2 aromatic carbocycles. The number of carbonyl (C=O) groups is 1. The van der Waals surface area contributed by atoms with Crippen molar-refractivity contribution in [2.75, 3.05) is 10.6 Å². The molecule has 2 N–H and O–H groups in total. The van der Waals surface area contributed by atoms with Crippen LogP contribution in [0.4, 0.5) is 19.9 Å². The number of fused-ring (bicyclic) bond motifs is 1. The molecular weight excluding hydrogens is 407 g/mol. The van der Waals surface area contributed by atoms with Crippen LogP contribution in [0.1, 0.15) is 11.1 Å². The zero-order chi connectivity index (χ0) is 20.4. The summed E-state index contributed by atoms with van der Waals surface area (Å²) < 4.78 is 13.8. The van der Waals surface area contributed by atoms with Crippen LogP contribution in [0.15, 0.2) is 64.1 Å². The van der Waals surface area contributed by atoms with Crippen LogP contribution in [0.25, 0.3) is 10.9 Å². The number of aromatic nitrogens is 2. The van der Waals surface area contributed by atoms with Gasteiger partial charge in [0.15, 0.2) is 4.34 Å². The van der Waals surface area contributed by atoms with E-state index in [0.29, 0.717) is 10.7 Å². The highest BCUT2D eigenvalue weighted by Crippen LogP contribution is 2.37. The number of nitrogens with one attached hydrogen (secondary N) is 2. The van der Waals surface area contributed by atoms with Gasteiger partial charge >= 0.3 is 6.03 Å². The number of rotatable bonds is 4. The first-order valence-corrected chi connectivity index (χ1v) is 10.4. The minimum Gasteiger partial charge on any atom is -0.308 e. The van der Waals surface area contributed by atoms with Gasteiger partial charge in [-0.2, -0.15) is 0 Å². The highest BCUT2D eigenvalue weighted by Gasteiger charge is 2.11. The molecule has 0 unspecified atom stereocenters. The van der Waals surface area contributed by atoms with Gasteiger partial charge in [0.2, 0.25) is 0 Å². The molecule has 2 aromatic heterocycles. The standard InChI is InChI=1S/C21H17FN4OS2/c1-12-9-16-17(10-13(12)2)23-8-7-18(16)28-21-24-11-19(29-21)26-20(27)25-15-5-3-14(22)4-6-15/h3-11H,1-2H3,(H2,25,26,27). The van der Waals surface area contributed by atoms with Crippen molar-refractivity contribution in [2.45, 2.75) is 23.1 Å². The van der Waals surface area contributed by atoms with E-state index in [9.17, 15) is 9.18 Å². The molecule has 2 heterocycles. The molecule has 0 aliphatic heterocycles. The lowest BCUT2D eigenvalue weighted by molar-refractivity contribution is 0.262. The van der Waals surface area contributed by atoms with E-state index in [1.165, 1.54) is 58.5 Å². The summed E-state index contributed by atoms with van der Waals surface area (Å²) in [6, 6.07) is 11.4. The molecule has 0 fully saturated rings. The molecule has 0 saturated heterocycles. The smallest absolute Gasteiger partial charge is 0.308 e. The van der Waals surface area contributed by atoms with E-state index < -0.39 is 6.03 Å². The molecule has 5 nitrogen and oxygen atoms in total. The van der Waals surface area contributed by atoms with Crippen molar-refractivity contribution in [3.05, 3.63) is 71.8 Å². The zero-order valence-corrected chi connectivity index (χ0v) is 17.3. The number of hydrogen-bond acceptors (Lipinski definition) is 5. The van der Waals surface area contributed by atoms with Gasteiger partial charge in [0.05, 0.1) is 11.7 Å². The first-order valence-electron chi connectivity index (χ1n) is 8.81. The Bertz CT molecular complexity index is 1190. The fourth-order valence-electron chi connectivity index (χ4n) is 2.73. The Hall–Kier alpha value is -2.97. The highest BCUT2D eigenvalue weighted by atomic mass is 32.2. The summed E-state index contributed by atoms with van der Waals surface area (Å²) in [4.78, 5) is 22.0. The van der Waals surface area contributed by atoms with Gasteiger partial charge in [-0.15, -0.1) is 0 Å². The van der Waals surface area contributed by atoms with Gasteiger partial charge in [0.1, 0.15) is 10.8 Å². The molecule has 0 aliphatic rings. The minimum atomic E-state index is -0.405. The molecule has 0 radical (unpaired) electrons. The predicted molar refractivity (Wildman–Crippen MR) is 116 cm³/mol. The lowest BCUT2D eigenvalue weighted by atomic mass is 10.1. The Kier molecular flexibility index (Phi) is 5.46. The monoisotopic (exact) mass is 424 g/mol. The van der Waals surface area contributed by atoms with E-state index in [2.05, 4.69) is 46.6 Å². The number of urea groups is 1. The maximum atomic E-state index is 13.0. The number of carbonyl (C=O) groups excluding carboxylic acids is 1. The molecule has 0 atom stereocenters. The highest BCUT2D eigenvalue weighted by molar-refractivity contribution is 8.01. The number of hydrogen-bond donors (Lipinski definition) is 2. The second-order valence-electron chi connectivity index (χ2n) is 6.44. The van der Waals surface area contributed by atoms with E-state index in [4.69, 9.17) is 0 Å². The number of halogens is 1. The van der Waals surface area contributed by atoms with E-state index >= 15 is 0 Å². The van der Waals surface area contributed by atoms with Crippen molar-refractivity contribution >= 4 is 50.7 Å². The Morgan fingerprint density at radius 1 is 1.03 bits per heavy atom. The Balaban J connectivity index is 1.47. The number of benzene rings is 2. The normalized spacial score (nSPS) is 10.9. The fourth-order valence-corrected chi connectivity index (χ4v) is 4.68. The second-order valence-corrected chi connectivity index (χ2v) is 8.76. The number of aryl methyl sites for hydroxylation is 2. The summed E-state index contributed by atoms with van der Waals surface area (Å²) in [5.41, 5.74) is 3.88. The third-order valence-electron chi connectivity index (χ3n) is 4.34. The van der Waals surface area contributed by atoms with E-state index in [-0.39, 0.29) is 5.82 Å². The van der Waals surface area contributed by atoms with Gasteiger partial charge < -0.3 is 5.32 Å². The number of amides is 2. The predicted octanol–water partition coefficient (Wildman–Crippen LogP) is 6.24. The average molecular weight is 425 g/mol. The minimum absolute atomic E-state index is 0.353. The van der Waals surface area contributed by atoms with Gasteiger partial charge in [-0.05, 0) is 67.4 Å². The molecule has 2 amide bonds. The van der Waals surface area contributed by atoms with Crippen molar-refractivity contribution in [2.24, 2.45) is 0 Å². The maximum Gasteiger partial charge on any atom is 0.324 e. The summed E-state index contributed by atoms with van der Waals surface area (Å²) in [5, 5.41) is 7.12. The summed E-state index contributed by atoms with van der Waals surface area (Å²) >= 11 is 2.92. The van der Waals surface area contributed by atoms with E-state index in [0.717, 1.165) is 20.1 Å². The molecule has 0 saturated carbocycles. The summed E-state index contributed by atoms with van der Waals surface area (Å²) in [6.45, 7) is 4.16. The van der Waals surface area contributed by atoms with Crippen LogP contribution in [0.2, 0.25) is 0 Å². The maximum absolute atomic E-state index is 13.0. The van der Waals surface area contributed by atoms with Gasteiger partial charge in [-0.25, -0.2) is 14.2 Å². The second kappa shape index (κ2) is 8.18. The molecule has 0 bridgehead atoms. The zero-order valence-electron chi connectivity index (χ0n) is 15.7. The fraction of sp³-hybridized carbons (Fsp3) is 0.0952. The molecule has 146 valence electrons. The first kappa shape index (κ1) is 19.4. The molecule has 29 heavy (non-hydrogen) atoms. The molecule has 4 aromatic rings. The molecule has 4 rings (SSSR count). The van der Waals surface area contributed by atoms with Crippen molar-refractivity contribution in [3.63, 3.8) is 0 Å². The molecule has 0 aliphatic carbocycles. The van der Waals surface area contributed by atoms with Crippen LogP contribution >= 0.6 is 23.1 Å². The van der Waals surface area contributed by atoms with Crippen LogP contribution in [0, 0.1) is 19.7 Å². The van der Waals surface area contributed by atoms with Gasteiger partial charge in [0, 0.05) is 22.2 Å². The average Bonchev–Trinajstić information content (AvgIpc) is 3.12. The molecule has 0 spiro atoms. The third-order valence-corrected chi connectivity index (χ3v) is 6.40. The summed E-state index contributed by atoms with van der Waals surface area (Å²) in [5.74, 6) is -0.353. The van der Waals surface area contributed by atoms with Crippen molar-refractivity contribution in [1.29, 1.82) is 0 Å². The Labute approximate surface area is 175 Å². The summed E-state index contributed by atoms with van der Waals surface area (Å²) in [6.07, 6.45) is 3.42. The Morgan fingerprint density at radius 3 is 2.59 bits per heavy atom. The van der Waals surface area contributed by atoms with Crippen LogP contribution < -0.4 is 10.6 Å². The third kappa shape index (κ3) is 4.55. The van der Waals surface area contributed by atoms with Crippen LogP contribution in [-0.4, -0.2) is 16.0 Å². The number of pyridine rings is 1. The number of anilines is 2. The van der Waals surface area contributed by atoms with Crippen molar-refractivity contribution < 1.29 is 9.18 Å². The SMILES string of the molecule is Cc1cc2nccc(Sc3ncc(NC(=O)Nc4ccc(F)cc4)s3)c2cc1C. The topological polar surface area (TPSA) is 66.9 Å². The molecular formula is C21H17FN4OS2. The van der Waals surface area contributed by atoms with E-state index in [1.54, 1.807) is 12.4 Å². The first-order chi connectivity index (χ1) is 14.0. The van der Waals surface area contributed by atoms with Crippen LogP contribution in [0.5, 0.6) is 0 Å². The van der Waals surface area contributed by atoms with Crippen molar-refractivity contribution in [1.82, 2.24) is 9.97 Å². The van der Waals surface area contributed by atoms with Crippen molar-refractivity contribution in [3.8, 4) is 0 Å². The van der Waals surface area contributed by atoms with E-state index in [1.807, 2.05) is 6.07 Å². The number of thiazole rings is 1. The van der Waals surface area contributed by atoms with Gasteiger partial charge in [-0.3, -0.25) is 10.3 Å². The Morgan fingerprint density at radius 2 is 1.79 bits per heavy atom. The lowest BCUT2D eigenvalue weighted by Gasteiger charge is -2.07. The van der Waals surface area contributed by atoms with Gasteiger partial charge in [-0.1, -0.05) is 23.1 Å². The van der Waals surface area contributed by atoms with Crippen LogP contribution in [0.3, 0.4) is 0 Å². The molecule has 8 heteroatoms. The van der Waals surface area contributed by atoms with Crippen LogP contribution in [-0.2, 0) is 0 Å². The largest absolute Gasteiger partial charge is 0.324 e. The quantitative estimate of drug-likeness (QED) is 0.407. The van der Waals surface area contributed by atoms with Gasteiger partial charge in [0.25, 0.3) is 0 Å². The lowest BCUT2D eigenvalue weighted by Crippen LogP contribution is -2.18. The summed E-state index contributed by atoms with van der Waals surface area (Å²) in [7, 11) is 0.